The number of ether oxygens (including phenoxy) is 1. The first-order valence-electron chi connectivity index (χ1n) is 5.14. The molecule has 80 valence electrons. The summed E-state index contributed by atoms with van der Waals surface area (Å²) in [5.41, 5.74) is 0. The molecule has 0 unspecified atom stereocenters. The van der Waals surface area contributed by atoms with Crippen molar-refractivity contribution in [1.29, 1.82) is 0 Å². The first-order chi connectivity index (χ1) is 6.93. The van der Waals surface area contributed by atoms with E-state index in [1.54, 1.807) is 11.3 Å². The molecule has 1 nitrogen and oxygen atoms in total. The predicted molar refractivity (Wildman–Crippen MR) is 66.5 cm³/mol. The quantitative estimate of drug-likeness (QED) is 0.532. The van der Waals surface area contributed by atoms with E-state index in [4.69, 9.17) is 4.74 Å². The molecule has 0 N–H and O–H groups in total. The highest BCUT2D eigenvalue weighted by atomic mass is 32.1. The van der Waals surface area contributed by atoms with Crippen molar-refractivity contribution >= 4 is 24.0 Å². The van der Waals surface area contributed by atoms with Gasteiger partial charge in [0.25, 0.3) is 0 Å². The third kappa shape index (κ3) is 5.68. The van der Waals surface area contributed by atoms with E-state index in [1.165, 1.54) is 24.1 Å². The molecule has 0 aromatic carbocycles. The van der Waals surface area contributed by atoms with E-state index in [1.807, 2.05) is 0 Å². The minimum Gasteiger partial charge on any atom is -0.381 e. The van der Waals surface area contributed by atoms with Gasteiger partial charge in [-0.1, -0.05) is 12.5 Å². The lowest BCUT2D eigenvalue weighted by atomic mass is 10.3. The second kappa shape index (κ2) is 8.33. The van der Waals surface area contributed by atoms with Gasteiger partial charge in [0.15, 0.2) is 0 Å². The van der Waals surface area contributed by atoms with Gasteiger partial charge in [0.2, 0.25) is 0 Å². The Hall–Kier alpha value is 0.01000. The van der Waals surface area contributed by atoms with Crippen molar-refractivity contribution in [2.75, 3.05) is 19.0 Å². The molecule has 0 aliphatic rings. The molecule has 0 spiro atoms. The molecule has 1 rings (SSSR count). The maximum atomic E-state index is 5.54. The second-order valence-electron chi connectivity index (χ2n) is 3.23. The molecule has 0 bridgehead atoms. The molecule has 0 amide bonds. The molecule has 0 radical (unpaired) electrons. The lowest BCUT2D eigenvalue weighted by molar-refractivity contribution is 0.133. The van der Waals surface area contributed by atoms with Gasteiger partial charge in [0, 0.05) is 17.9 Å². The van der Waals surface area contributed by atoms with E-state index in [2.05, 4.69) is 30.1 Å². The molecule has 0 saturated carbocycles. The van der Waals surface area contributed by atoms with E-state index in [9.17, 15) is 0 Å². The average molecular weight is 230 g/mol. The van der Waals surface area contributed by atoms with Crippen LogP contribution in [0.15, 0.2) is 17.5 Å². The largest absolute Gasteiger partial charge is 0.381 e. The summed E-state index contributed by atoms with van der Waals surface area (Å²) < 4.78 is 5.54. The van der Waals surface area contributed by atoms with Crippen molar-refractivity contribution < 1.29 is 4.74 Å². The van der Waals surface area contributed by atoms with Crippen LogP contribution >= 0.6 is 24.0 Å². The zero-order valence-corrected chi connectivity index (χ0v) is 10.2. The molecule has 0 fully saturated rings. The average Bonchev–Trinajstić information content (AvgIpc) is 2.69. The van der Waals surface area contributed by atoms with Crippen molar-refractivity contribution in [3.8, 4) is 0 Å². The van der Waals surface area contributed by atoms with Crippen LogP contribution in [0.4, 0.5) is 0 Å². The summed E-state index contributed by atoms with van der Waals surface area (Å²) in [5, 5.41) is 2.11. The van der Waals surface area contributed by atoms with Crippen molar-refractivity contribution in [2.45, 2.75) is 25.7 Å². The van der Waals surface area contributed by atoms with Crippen LogP contribution in [-0.4, -0.2) is 19.0 Å². The molecular weight excluding hydrogens is 212 g/mol. The van der Waals surface area contributed by atoms with Gasteiger partial charge >= 0.3 is 0 Å². The molecule has 3 heteroatoms. The molecule has 1 heterocycles. The minimum atomic E-state index is 0.862. The van der Waals surface area contributed by atoms with Crippen LogP contribution < -0.4 is 0 Å². The van der Waals surface area contributed by atoms with Crippen molar-refractivity contribution in [1.82, 2.24) is 0 Å². The molecular formula is C11H18OS2. The van der Waals surface area contributed by atoms with Crippen molar-refractivity contribution in [3.63, 3.8) is 0 Å². The van der Waals surface area contributed by atoms with Crippen LogP contribution in [0, 0.1) is 0 Å². The van der Waals surface area contributed by atoms with E-state index in [0.717, 1.165) is 25.4 Å². The summed E-state index contributed by atoms with van der Waals surface area (Å²) in [7, 11) is 0. The Morgan fingerprint density at radius 3 is 2.86 bits per heavy atom. The number of hydrogen-bond donors (Lipinski definition) is 1. The summed E-state index contributed by atoms with van der Waals surface area (Å²) in [4.78, 5) is 1.42. The Balaban J connectivity index is 1.85. The fraction of sp³-hybridized carbons (Fsp3) is 0.636. The van der Waals surface area contributed by atoms with Gasteiger partial charge < -0.3 is 4.74 Å². The molecule has 0 saturated heterocycles. The highest BCUT2D eigenvalue weighted by Crippen LogP contribution is 2.09. The fourth-order valence-electron chi connectivity index (χ4n) is 1.22. The Morgan fingerprint density at radius 2 is 2.14 bits per heavy atom. The lowest BCUT2D eigenvalue weighted by Gasteiger charge is -2.02. The van der Waals surface area contributed by atoms with Crippen LogP contribution in [0.3, 0.4) is 0 Å². The van der Waals surface area contributed by atoms with Gasteiger partial charge in [-0.05, 0) is 30.0 Å². The fourth-order valence-corrected chi connectivity index (χ4v) is 2.14. The smallest absolute Gasteiger partial charge is 0.0514 e. The molecule has 0 aliphatic carbocycles. The number of hydrogen-bond acceptors (Lipinski definition) is 3. The summed E-state index contributed by atoms with van der Waals surface area (Å²) in [6, 6.07) is 4.25. The predicted octanol–water partition coefficient (Wildman–Crippen LogP) is 3.41. The third-order valence-corrected chi connectivity index (χ3v) is 3.27. The second-order valence-corrected chi connectivity index (χ2v) is 4.71. The Kier molecular flexibility index (Phi) is 7.19. The van der Waals surface area contributed by atoms with Crippen LogP contribution in [0.2, 0.25) is 0 Å². The van der Waals surface area contributed by atoms with E-state index in [-0.39, 0.29) is 0 Å². The SMILES string of the molecule is SCCCCCOCCc1cccs1. The molecule has 0 aliphatic heterocycles. The molecule has 14 heavy (non-hydrogen) atoms. The van der Waals surface area contributed by atoms with Gasteiger partial charge in [-0.25, -0.2) is 0 Å². The Bertz CT molecular complexity index is 209. The molecule has 0 atom stereocenters. The lowest BCUT2D eigenvalue weighted by Crippen LogP contribution is -1.99. The maximum absolute atomic E-state index is 5.54. The normalized spacial score (nSPS) is 10.6. The van der Waals surface area contributed by atoms with Gasteiger partial charge in [0.1, 0.15) is 0 Å². The van der Waals surface area contributed by atoms with Gasteiger partial charge in [-0.2, -0.15) is 12.6 Å². The topological polar surface area (TPSA) is 9.23 Å². The number of unbranched alkanes of at least 4 members (excludes halogenated alkanes) is 2. The van der Waals surface area contributed by atoms with Gasteiger partial charge in [0.05, 0.1) is 6.61 Å². The van der Waals surface area contributed by atoms with Gasteiger partial charge in [-0.15, -0.1) is 11.3 Å². The maximum Gasteiger partial charge on any atom is 0.0514 e. The Labute approximate surface area is 95.9 Å². The first kappa shape index (κ1) is 12.1. The highest BCUT2D eigenvalue weighted by Gasteiger charge is 1.93. The zero-order chi connectivity index (χ0) is 10.1. The number of thiol groups is 1. The van der Waals surface area contributed by atoms with E-state index in [0.29, 0.717) is 0 Å². The summed E-state index contributed by atoms with van der Waals surface area (Å²) in [6.45, 7) is 1.76. The summed E-state index contributed by atoms with van der Waals surface area (Å²) >= 11 is 5.97. The van der Waals surface area contributed by atoms with Crippen LogP contribution in [0.25, 0.3) is 0 Å². The molecule has 1 aromatic heterocycles. The van der Waals surface area contributed by atoms with E-state index < -0.39 is 0 Å². The third-order valence-electron chi connectivity index (χ3n) is 2.02. The summed E-state index contributed by atoms with van der Waals surface area (Å²) in [5.74, 6) is 0.995. The Morgan fingerprint density at radius 1 is 1.21 bits per heavy atom. The summed E-state index contributed by atoms with van der Waals surface area (Å²) in [6.07, 6.45) is 4.68. The minimum absolute atomic E-state index is 0.862. The van der Waals surface area contributed by atoms with Crippen LogP contribution in [0.1, 0.15) is 24.1 Å². The van der Waals surface area contributed by atoms with E-state index >= 15 is 0 Å². The van der Waals surface area contributed by atoms with Crippen molar-refractivity contribution in [2.24, 2.45) is 0 Å². The highest BCUT2D eigenvalue weighted by molar-refractivity contribution is 7.80. The number of thiophene rings is 1. The van der Waals surface area contributed by atoms with Crippen LogP contribution in [0.5, 0.6) is 0 Å². The zero-order valence-electron chi connectivity index (χ0n) is 8.45. The van der Waals surface area contributed by atoms with Gasteiger partial charge in [-0.3, -0.25) is 0 Å². The van der Waals surface area contributed by atoms with Crippen molar-refractivity contribution in [3.05, 3.63) is 22.4 Å². The number of rotatable bonds is 8. The standard InChI is InChI=1S/C11H18OS2/c13-9-3-1-2-7-12-8-6-11-5-4-10-14-11/h4-5,10,13H,1-3,6-9H2. The van der Waals surface area contributed by atoms with Crippen LogP contribution in [-0.2, 0) is 11.2 Å². The monoisotopic (exact) mass is 230 g/mol. The molecule has 1 aromatic rings. The first-order valence-corrected chi connectivity index (χ1v) is 6.65.